The number of carboxylic acids is 1. The molecule has 2 unspecified atom stereocenters. The molecule has 2 rings (SSSR count). The molecule has 0 bridgehead atoms. The fraction of sp³-hybridized carbons (Fsp3) is 0.364. The van der Waals surface area contributed by atoms with Crippen molar-refractivity contribution >= 4 is 29.3 Å². The first-order valence-corrected chi connectivity index (χ1v) is 6.28. The zero-order chi connectivity index (χ0) is 10.8. The van der Waals surface area contributed by atoms with Gasteiger partial charge in [-0.05, 0) is 17.7 Å². The molecule has 1 N–H and O–H groups in total. The largest absolute Gasteiger partial charge is 0.481 e. The Labute approximate surface area is 97.6 Å². The highest BCUT2D eigenvalue weighted by Crippen LogP contribution is 2.38. The zero-order valence-corrected chi connectivity index (χ0v) is 9.59. The highest BCUT2D eigenvalue weighted by molar-refractivity contribution is 7.99. The lowest BCUT2D eigenvalue weighted by Crippen LogP contribution is -2.20. The zero-order valence-electron chi connectivity index (χ0n) is 8.02. The maximum Gasteiger partial charge on any atom is 0.307 e. The van der Waals surface area contributed by atoms with E-state index < -0.39 is 5.97 Å². The lowest BCUT2D eigenvalue weighted by atomic mass is 9.89. The summed E-state index contributed by atoms with van der Waals surface area (Å²) in [7, 11) is 0. The van der Waals surface area contributed by atoms with E-state index in [1.165, 1.54) is 0 Å². The summed E-state index contributed by atoms with van der Waals surface area (Å²) in [6, 6.07) is 7.51. The van der Waals surface area contributed by atoms with Crippen molar-refractivity contribution in [3.05, 3.63) is 34.9 Å². The molecule has 2 nitrogen and oxygen atoms in total. The van der Waals surface area contributed by atoms with Crippen molar-refractivity contribution in [1.82, 2.24) is 0 Å². The quantitative estimate of drug-likeness (QED) is 0.867. The molecular weight excluding hydrogens is 232 g/mol. The number of carbonyl (C=O) groups is 1. The summed E-state index contributed by atoms with van der Waals surface area (Å²) < 4.78 is 0. The van der Waals surface area contributed by atoms with Gasteiger partial charge in [-0.1, -0.05) is 23.7 Å². The molecular formula is C11H11ClO2S. The van der Waals surface area contributed by atoms with Gasteiger partial charge in [0.05, 0.1) is 5.92 Å². The molecule has 0 radical (unpaired) electrons. The minimum absolute atomic E-state index is 0.103. The van der Waals surface area contributed by atoms with Gasteiger partial charge in [-0.15, -0.1) is 0 Å². The molecule has 4 heteroatoms. The molecule has 80 valence electrons. The van der Waals surface area contributed by atoms with Gasteiger partial charge in [0.25, 0.3) is 0 Å². The van der Waals surface area contributed by atoms with E-state index in [-0.39, 0.29) is 11.8 Å². The average Bonchev–Trinajstić information content (AvgIpc) is 2.65. The fourth-order valence-electron chi connectivity index (χ4n) is 1.86. The molecule has 2 atom stereocenters. The van der Waals surface area contributed by atoms with Crippen molar-refractivity contribution in [2.75, 3.05) is 11.5 Å². The molecule has 0 aromatic heterocycles. The Balaban J connectivity index is 2.26. The second-order valence-corrected chi connectivity index (χ2v) is 5.16. The van der Waals surface area contributed by atoms with E-state index in [9.17, 15) is 4.79 Å². The summed E-state index contributed by atoms with van der Waals surface area (Å²) >= 11 is 7.59. The number of halogens is 1. The summed E-state index contributed by atoms with van der Waals surface area (Å²) in [6.07, 6.45) is 0. The summed E-state index contributed by atoms with van der Waals surface area (Å²) in [6.45, 7) is 0. The highest BCUT2D eigenvalue weighted by Gasteiger charge is 2.34. The third-order valence-corrected chi connectivity index (χ3v) is 4.10. The number of rotatable bonds is 2. The Hall–Kier alpha value is -0.670. The van der Waals surface area contributed by atoms with Crippen LogP contribution < -0.4 is 0 Å². The standard InChI is InChI=1S/C11H11ClO2S/c12-8-3-1-2-7(4-8)9-5-15-6-10(9)11(13)14/h1-4,9-10H,5-6H2,(H,13,14). The van der Waals surface area contributed by atoms with Crippen molar-refractivity contribution < 1.29 is 9.90 Å². The molecule has 1 aromatic rings. The SMILES string of the molecule is O=C(O)C1CSCC1c1cccc(Cl)c1. The third-order valence-electron chi connectivity index (χ3n) is 2.67. The summed E-state index contributed by atoms with van der Waals surface area (Å²) in [5.74, 6) is 0.703. The van der Waals surface area contributed by atoms with Crippen LogP contribution in [-0.4, -0.2) is 22.6 Å². The first kappa shape index (κ1) is 10.8. The maximum atomic E-state index is 11.0. The molecule has 1 fully saturated rings. The Morgan fingerprint density at radius 1 is 1.47 bits per heavy atom. The van der Waals surface area contributed by atoms with Gasteiger partial charge in [0.1, 0.15) is 0 Å². The van der Waals surface area contributed by atoms with Crippen LogP contribution in [-0.2, 0) is 4.79 Å². The predicted octanol–water partition coefficient (Wildman–Crippen LogP) is 2.87. The number of hydrogen-bond acceptors (Lipinski definition) is 2. The molecule has 15 heavy (non-hydrogen) atoms. The molecule has 0 aliphatic carbocycles. The topological polar surface area (TPSA) is 37.3 Å². The van der Waals surface area contributed by atoms with E-state index >= 15 is 0 Å². The maximum absolute atomic E-state index is 11.0. The van der Waals surface area contributed by atoms with E-state index in [0.717, 1.165) is 11.3 Å². The van der Waals surface area contributed by atoms with Crippen molar-refractivity contribution in [2.45, 2.75) is 5.92 Å². The van der Waals surface area contributed by atoms with Gasteiger partial charge >= 0.3 is 5.97 Å². The smallest absolute Gasteiger partial charge is 0.307 e. The summed E-state index contributed by atoms with van der Waals surface area (Å²) in [5.41, 5.74) is 1.04. The van der Waals surface area contributed by atoms with E-state index in [2.05, 4.69) is 0 Å². The lowest BCUT2D eigenvalue weighted by Gasteiger charge is -2.15. The molecule has 0 spiro atoms. The first-order chi connectivity index (χ1) is 7.18. The van der Waals surface area contributed by atoms with Crippen LogP contribution in [0.25, 0.3) is 0 Å². The van der Waals surface area contributed by atoms with Gasteiger partial charge in [0.2, 0.25) is 0 Å². The number of benzene rings is 1. The van der Waals surface area contributed by atoms with Crippen molar-refractivity contribution in [3.8, 4) is 0 Å². The second-order valence-electron chi connectivity index (χ2n) is 3.64. The van der Waals surface area contributed by atoms with Crippen LogP contribution in [0.3, 0.4) is 0 Å². The molecule has 0 amide bonds. The molecule has 1 aliphatic rings. The van der Waals surface area contributed by atoms with Gasteiger partial charge in [-0.2, -0.15) is 11.8 Å². The van der Waals surface area contributed by atoms with Crippen molar-refractivity contribution in [3.63, 3.8) is 0 Å². The van der Waals surface area contributed by atoms with Crippen molar-refractivity contribution in [2.24, 2.45) is 5.92 Å². The number of hydrogen-bond donors (Lipinski definition) is 1. The monoisotopic (exact) mass is 242 g/mol. The van der Waals surface area contributed by atoms with Gasteiger partial charge < -0.3 is 5.11 Å². The van der Waals surface area contributed by atoms with Crippen LogP contribution in [0.5, 0.6) is 0 Å². The van der Waals surface area contributed by atoms with E-state index in [4.69, 9.17) is 16.7 Å². The van der Waals surface area contributed by atoms with Crippen LogP contribution >= 0.6 is 23.4 Å². The Kier molecular flexibility index (Phi) is 3.22. The number of carboxylic acid groups (broad SMARTS) is 1. The predicted molar refractivity (Wildman–Crippen MR) is 62.6 cm³/mol. The van der Waals surface area contributed by atoms with E-state index in [1.54, 1.807) is 11.8 Å². The van der Waals surface area contributed by atoms with Gasteiger partial charge in [-0.3, -0.25) is 4.79 Å². The summed E-state index contributed by atoms with van der Waals surface area (Å²) in [4.78, 5) is 11.0. The lowest BCUT2D eigenvalue weighted by molar-refractivity contribution is -0.141. The van der Waals surface area contributed by atoms with Crippen LogP contribution in [0.4, 0.5) is 0 Å². The number of aliphatic carboxylic acids is 1. The molecule has 0 saturated carbocycles. The Bertz CT molecular complexity index is 381. The van der Waals surface area contributed by atoms with Crippen LogP contribution in [0, 0.1) is 5.92 Å². The van der Waals surface area contributed by atoms with Crippen molar-refractivity contribution in [1.29, 1.82) is 0 Å². The first-order valence-electron chi connectivity index (χ1n) is 4.74. The van der Waals surface area contributed by atoms with E-state index in [1.807, 2.05) is 24.3 Å². The van der Waals surface area contributed by atoms with E-state index in [0.29, 0.717) is 10.8 Å². The molecule has 1 heterocycles. The normalized spacial score (nSPS) is 25.4. The van der Waals surface area contributed by atoms with Crippen LogP contribution in [0.2, 0.25) is 5.02 Å². The molecule has 1 saturated heterocycles. The second kappa shape index (κ2) is 4.45. The van der Waals surface area contributed by atoms with Gasteiger partial charge in [-0.25, -0.2) is 0 Å². The van der Waals surface area contributed by atoms with Gasteiger partial charge in [0.15, 0.2) is 0 Å². The van der Waals surface area contributed by atoms with Gasteiger partial charge in [0, 0.05) is 22.4 Å². The third kappa shape index (κ3) is 2.29. The van der Waals surface area contributed by atoms with Crippen LogP contribution in [0.1, 0.15) is 11.5 Å². The molecule has 1 aromatic carbocycles. The highest BCUT2D eigenvalue weighted by atomic mass is 35.5. The Morgan fingerprint density at radius 3 is 2.93 bits per heavy atom. The number of thioether (sulfide) groups is 1. The fourth-order valence-corrected chi connectivity index (χ4v) is 3.51. The summed E-state index contributed by atoms with van der Waals surface area (Å²) in [5, 5.41) is 9.74. The average molecular weight is 243 g/mol. The van der Waals surface area contributed by atoms with Crippen LogP contribution in [0.15, 0.2) is 24.3 Å². The minimum Gasteiger partial charge on any atom is -0.481 e. The Morgan fingerprint density at radius 2 is 2.27 bits per heavy atom. The molecule has 1 aliphatic heterocycles. The minimum atomic E-state index is -0.704.